The van der Waals surface area contributed by atoms with Crippen LogP contribution in [0.15, 0.2) is 0 Å². The van der Waals surface area contributed by atoms with E-state index >= 15 is 0 Å². The fourth-order valence-corrected chi connectivity index (χ4v) is 3.58. The molecule has 1 rings (SSSR count). The Kier molecular flexibility index (Phi) is 32.7. The predicted molar refractivity (Wildman–Crippen MR) is 173 cm³/mol. The Morgan fingerprint density at radius 3 is 0.792 bits per heavy atom. The third kappa shape index (κ3) is 27.1. The fraction of sp³-hybridized carbons (Fsp3) is 0.788. The standard InChI is InChI=1S/C33H53F5O15/c34-28-29(35)31(37)33(32(38)30(28)36)53-27(40)1-3-41-5-7-43-9-11-45-13-15-47-17-19-49-21-23-51-25-26-52-24-22-50-20-18-48-16-14-46-12-10-44-8-6-42-4-2-39/h39H,1-26H2. The van der Waals surface area contributed by atoms with Crippen LogP contribution in [0.2, 0.25) is 0 Å². The van der Waals surface area contributed by atoms with E-state index in [1.54, 1.807) is 0 Å². The van der Waals surface area contributed by atoms with Crippen LogP contribution in [0.25, 0.3) is 0 Å². The quantitative estimate of drug-likeness (QED) is 0.0258. The molecule has 0 aliphatic carbocycles. The molecule has 15 nitrogen and oxygen atoms in total. The van der Waals surface area contributed by atoms with Gasteiger partial charge in [-0.3, -0.25) is 4.79 Å². The number of ether oxygens (including phenoxy) is 13. The number of esters is 1. The second-order valence-corrected chi connectivity index (χ2v) is 10.2. The molecule has 0 radical (unpaired) electrons. The first-order valence-electron chi connectivity index (χ1n) is 17.2. The number of halogens is 5. The lowest BCUT2D eigenvalue weighted by atomic mass is 10.2. The van der Waals surface area contributed by atoms with Gasteiger partial charge in [-0.05, 0) is 0 Å². The topological polar surface area (TPSA) is 157 Å². The van der Waals surface area contributed by atoms with Crippen LogP contribution in [0, 0.1) is 29.1 Å². The molecular formula is C33H53F5O15. The van der Waals surface area contributed by atoms with Crippen LogP contribution in [-0.4, -0.2) is 176 Å². The molecule has 53 heavy (non-hydrogen) atoms. The Morgan fingerprint density at radius 1 is 0.340 bits per heavy atom. The van der Waals surface area contributed by atoms with Crippen molar-refractivity contribution in [3.63, 3.8) is 0 Å². The molecule has 0 aliphatic heterocycles. The lowest BCUT2D eigenvalue weighted by molar-refractivity contribution is -0.136. The van der Waals surface area contributed by atoms with Crippen molar-refractivity contribution in [2.45, 2.75) is 6.42 Å². The molecule has 310 valence electrons. The molecule has 0 aliphatic rings. The molecule has 0 spiro atoms. The summed E-state index contributed by atoms with van der Waals surface area (Å²) >= 11 is 0. The average molecular weight is 785 g/mol. The molecule has 0 fully saturated rings. The molecule has 1 aromatic carbocycles. The van der Waals surface area contributed by atoms with E-state index in [0.29, 0.717) is 132 Å². The van der Waals surface area contributed by atoms with Gasteiger partial charge in [0.05, 0.1) is 172 Å². The highest BCUT2D eigenvalue weighted by molar-refractivity contribution is 5.72. The number of hydrogen-bond donors (Lipinski definition) is 1. The summed E-state index contributed by atoms with van der Waals surface area (Å²) < 4.78 is 135. The zero-order valence-corrected chi connectivity index (χ0v) is 29.9. The molecular weight excluding hydrogens is 731 g/mol. The highest BCUT2D eigenvalue weighted by Crippen LogP contribution is 2.29. The van der Waals surface area contributed by atoms with Crippen molar-refractivity contribution >= 4 is 5.97 Å². The van der Waals surface area contributed by atoms with E-state index in [0.717, 1.165) is 0 Å². The zero-order valence-electron chi connectivity index (χ0n) is 29.9. The van der Waals surface area contributed by atoms with Crippen LogP contribution in [-0.2, 0) is 61.6 Å². The zero-order chi connectivity index (χ0) is 38.6. The Hall–Kier alpha value is -2.18. The number of aliphatic hydroxyl groups is 1. The normalized spacial score (nSPS) is 11.5. The van der Waals surface area contributed by atoms with E-state index in [2.05, 4.69) is 4.74 Å². The molecule has 1 N–H and O–H groups in total. The lowest BCUT2D eigenvalue weighted by Crippen LogP contribution is -2.16. The molecule has 0 saturated heterocycles. The van der Waals surface area contributed by atoms with Gasteiger partial charge in [0.2, 0.25) is 34.8 Å². The summed E-state index contributed by atoms with van der Waals surface area (Å²) in [6.45, 7) is 8.82. The number of rotatable bonds is 39. The molecule has 0 bridgehead atoms. The van der Waals surface area contributed by atoms with E-state index < -0.39 is 47.2 Å². The second-order valence-electron chi connectivity index (χ2n) is 10.2. The van der Waals surface area contributed by atoms with Crippen LogP contribution in [0.3, 0.4) is 0 Å². The summed E-state index contributed by atoms with van der Waals surface area (Å²) in [7, 11) is 0. The summed E-state index contributed by atoms with van der Waals surface area (Å²) in [5.41, 5.74) is 0. The van der Waals surface area contributed by atoms with Crippen molar-refractivity contribution < 1.29 is 93.4 Å². The van der Waals surface area contributed by atoms with Gasteiger partial charge in [-0.15, -0.1) is 0 Å². The maximum atomic E-state index is 13.5. The van der Waals surface area contributed by atoms with E-state index in [4.69, 9.17) is 61.9 Å². The Bertz CT molecular complexity index is 1000. The van der Waals surface area contributed by atoms with Gasteiger partial charge < -0.3 is 66.7 Å². The summed E-state index contributed by atoms with van der Waals surface area (Å²) in [6.07, 6.45) is -0.490. The Morgan fingerprint density at radius 2 is 0.547 bits per heavy atom. The molecule has 1 aromatic rings. The lowest BCUT2D eigenvalue weighted by Gasteiger charge is -2.09. The van der Waals surface area contributed by atoms with Gasteiger partial charge in [0.1, 0.15) is 0 Å². The molecule has 0 saturated carbocycles. The van der Waals surface area contributed by atoms with Gasteiger partial charge in [-0.2, -0.15) is 8.78 Å². The molecule has 0 aromatic heterocycles. The van der Waals surface area contributed by atoms with E-state index in [9.17, 15) is 26.7 Å². The van der Waals surface area contributed by atoms with Crippen molar-refractivity contribution in [3.8, 4) is 5.75 Å². The molecule has 0 atom stereocenters. The smallest absolute Gasteiger partial charge is 0.313 e. The van der Waals surface area contributed by atoms with Crippen molar-refractivity contribution in [1.82, 2.24) is 0 Å². The third-order valence-corrected chi connectivity index (χ3v) is 6.16. The first kappa shape index (κ1) is 48.8. The third-order valence-electron chi connectivity index (χ3n) is 6.16. The minimum atomic E-state index is -2.35. The number of carbonyl (C=O) groups is 1. The van der Waals surface area contributed by atoms with Gasteiger partial charge in [0, 0.05) is 0 Å². The fourth-order valence-electron chi connectivity index (χ4n) is 3.58. The van der Waals surface area contributed by atoms with Gasteiger partial charge in [0.15, 0.2) is 0 Å². The molecule has 0 heterocycles. The maximum absolute atomic E-state index is 13.5. The maximum Gasteiger partial charge on any atom is 0.313 e. The van der Waals surface area contributed by atoms with Crippen LogP contribution in [0.1, 0.15) is 6.42 Å². The van der Waals surface area contributed by atoms with Crippen molar-refractivity contribution in [1.29, 1.82) is 0 Å². The second kappa shape index (κ2) is 35.5. The molecule has 0 amide bonds. The van der Waals surface area contributed by atoms with Gasteiger partial charge >= 0.3 is 5.97 Å². The largest absolute Gasteiger partial charge is 0.420 e. The van der Waals surface area contributed by atoms with Crippen molar-refractivity contribution in [2.24, 2.45) is 0 Å². The van der Waals surface area contributed by atoms with Gasteiger partial charge in [-0.1, -0.05) is 0 Å². The summed E-state index contributed by atoms with van der Waals surface area (Å²) in [6, 6.07) is 0. The number of hydrogen-bond acceptors (Lipinski definition) is 15. The van der Waals surface area contributed by atoms with Crippen molar-refractivity contribution in [3.05, 3.63) is 29.1 Å². The highest BCUT2D eigenvalue weighted by Gasteiger charge is 2.28. The summed E-state index contributed by atoms with van der Waals surface area (Å²) in [4.78, 5) is 11.6. The number of carbonyl (C=O) groups excluding carboxylic acids is 1. The summed E-state index contributed by atoms with van der Waals surface area (Å²) in [5.74, 6) is -14.2. The van der Waals surface area contributed by atoms with E-state index in [1.165, 1.54) is 0 Å². The summed E-state index contributed by atoms with van der Waals surface area (Å²) in [5, 5.41) is 8.57. The highest BCUT2D eigenvalue weighted by atomic mass is 19.2. The minimum absolute atomic E-state index is 0.00492. The first-order chi connectivity index (χ1) is 25.9. The van der Waals surface area contributed by atoms with Crippen LogP contribution in [0.5, 0.6) is 5.75 Å². The van der Waals surface area contributed by atoms with Gasteiger partial charge in [-0.25, -0.2) is 13.2 Å². The van der Waals surface area contributed by atoms with Crippen LogP contribution < -0.4 is 4.74 Å². The Labute approximate surface area is 306 Å². The van der Waals surface area contributed by atoms with Crippen LogP contribution >= 0.6 is 0 Å². The average Bonchev–Trinajstić information content (AvgIpc) is 3.16. The van der Waals surface area contributed by atoms with Crippen LogP contribution in [0.4, 0.5) is 22.0 Å². The number of benzene rings is 1. The SMILES string of the molecule is O=C(CCOCCOCCOCCOCCOCCOCCOCCOCCOCCOCCOCCOCCO)Oc1c(F)c(F)c(F)c(F)c1F. The van der Waals surface area contributed by atoms with Gasteiger partial charge in [0.25, 0.3) is 0 Å². The Balaban J connectivity index is 1.72. The van der Waals surface area contributed by atoms with Crippen molar-refractivity contribution in [2.75, 3.05) is 165 Å². The molecule has 20 heteroatoms. The monoisotopic (exact) mass is 784 g/mol. The minimum Gasteiger partial charge on any atom is -0.420 e. The first-order valence-corrected chi connectivity index (χ1v) is 17.2. The molecule has 0 unspecified atom stereocenters. The van der Waals surface area contributed by atoms with E-state index in [-0.39, 0.29) is 33.0 Å². The van der Waals surface area contributed by atoms with E-state index in [1.807, 2.05) is 0 Å². The number of aliphatic hydroxyl groups excluding tert-OH is 1. The predicted octanol–water partition coefficient (Wildman–Crippen LogP) is 1.87.